The van der Waals surface area contributed by atoms with Gasteiger partial charge in [-0.15, -0.1) is 0 Å². The van der Waals surface area contributed by atoms with Gasteiger partial charge in [-0.1, -0.05) is 48.5 Å². The van der Waals surface area contributed by atoms with Gasteiger partial charge in [-0.3, -0.25) is 15.4 Å². The first-order valence-electron chi connectivity index (χ1n) is 11.0. The first-order chi connectivity index (χ1) is 16.3. The Bertz CT molecular complexity index is 1160. The third-order valence-corrected chi connectivity index (χ3v) is 5.45. The van der Waals surface area contributed by atoms with Crippen LogP contribution in [0.1, 0.15) is 33.5 Å². The first kappa shape index (κ1) is 24.7. The van der Waals surface area contributed by atoms with Crippen LogP contribution in [0.5, 0.6) is 5.75 Å². The number of nitrogens with two attached hydrogens (primary N) is 1. The highest BCUT2D eigenvalue weighted by Crippen LogP contribution is 2.30. The normalized spacial score (nSPS) is 11.3. The lowest BCUT2D eigenvalue weighted by Crippen LogP contribution is -2.22. The zero-order chi connectivity index (χ0) is 24.7. The summed E-state index contributed by atoms with van der Waals surface area (Å²) >= 11 is 0. The quantitative estimate of drug-likeness (QED) is 0.287. The molecule has 0 aliphatic carbocycles. The Morgan fingerprint density at radius 1 is 1.09 bits per heavy atom. The van der Waals surface area contributed by atoms with Crippen LogP contribution < -0.4 is 15.8 Å². The predicted octanol–water partition coefficient (Wildman–Crippen LogP) is 3.30. The van der Waals surface area contributed by atoms with E-state index in [-0.39, 0.29) is 12.4 Å². The topological polar surface area (TPSA) is 120 Å². The maximum absolute atomic E-state index is 10.1. The van der Waals surface area contributed by atoms with Crippen LogP contribution >= 0.6 is 0 Å². The summed E-state index contributed by atoms with van der Waals surface area (Å²) in [7, 11) is 5.73. The van der Waals surface area contributed by atoms with Crippen LogP contribution in [0.15, 0.2) is 59.7 Å². The Balaban J connectivity index is 1.72. The van der Waals surface area contributed by atoms with Crippen molar-refractivity contribution < 1.29 is 9.84 Å². The number of hydrogen-bond donors (Lipinski definition) is 4. The van der Waals surface area contributed by atoms with Crippen molar-refractivity contribution in [1.29, 1.82) is 5.41 Å². The number of pyridine rings is 1. The molecule has 0 saturated carbocycles. The average molecular weight is 461 g/mol. The number of aliphatic hydroxyl groups excluding tert-OH is 1. The number of aromatic nitrogens is 1. The number of nitrogens with zero attached hydrogens (tertiary/aromatic N) is 3. The molecule has 3 rings (SSSR count). The lowest BCUT2D eigenvalue weighted by Gasteiger charge is -2.18. The minimum absolute atomic E-state index is 0.0279. The molecule has 0 bridgehead atoms. The fraction of sp³-hybridized carbons (Fsp3) is 0.269. The molecule has 0 unspecified atom stereocenters. The van der Waals surface area contributed by atoms with E-state index in [1.54, 1.807) is 25.4 Å². The van der Waals surface area contributed by atoms with Gasteiger partial charge in [0.15, 0.2) is 0 Å². The molecule has 8 heteroatoms. The Morgan fingerprint density at radius 3 is 2.26 bits per heavy atom. The van der Waals surface area contributed by atoms with Gasteiger partial charge in [0, 0.05) is 44.4 Å². The van der Waals surface area contributed by atoms with Crippen LogP contribution in [0.2, 0.25) is 0 Å². The zero-order valence-corrected chi connectivity index (χ0v) is 20.1. The number of anilines is 1. The van der Waals surface area contributed by atoms with Crippen molar-refractivity contribution in [3.63, 3.8) is 0 Å². The van der Waals surface area contributed by atoms with Gasteiger partial charge < -0.3 is 25.8 Å². The first-order valence-corrected chi connectivity index (χ1v) is 11.0. The molecular formula is C26H32N6O2. The fourth-order valence-electron chi connectivity index (χ4n) is 3.63. The largest absolute Gasteiger partial charge is 0.487 e. The summed E-state index contributed by atoms with van der Waals surface area (Å²) in [4.78, 5) is 10.8. The molecule has 0 fully saturated rings. The van der Waals surface area contributed by atoms with Crippen LogP contribution in [0.4, 0.5) is 5.69 Å². The SMILES string of the molecule is C/N=C(/c1ccc(CNc2cnc(C)c(OCc3ccc(C(=N)N)cc3)c2CO)cc1)N(C)C. The van der Waals surface area contributed by atoms with Crippen LogP contribution in [0.25, 0.3) is 0 Å². The van der Waals surface area contributed by atoms with Gasteiger partial charge in [0.05, 0.1) is 24.2 Å². The van der Waals surface area contributed by atoms with Gasteiger partial charge in [0.25, 0.3) is 0 Å². The molecule has 0 amide bonds. The number of rotatable bonds is 9. The Hall–Kier alpha value is -3.91. The number of aliphatic hydroxyl groups is 1. The molecule has 0 spiro atoms. The summed E-state index contributed by atoms with van der Waals surface area (Å²) in [6.45, 7) is 2.56. The minimum Gasteiger partial charge on any atom is -0.487 e. The number of ether oxygens (including phenoxy) is 1. The molecule has 0 saturated heterocycles. The summed E-state index contributed by atoms with van der Waals surface area (Å²) in [5.41, 5.74) is 11.3. The van der Waals surface area contributed by atoms with E-state index in [0.29, 0.717) is 35.7 Å². The Kier molecular flexibility index (Phi) is 8.21. The number of aliphatic imine (C=N–C) groups is 1. The molecule has 5 N–H and O–H groups in total. The van der Waals surface area contributed by atoms with Gasteiger partial charge in [-0.05, 0) is 18.1 Å². The van der Waals surface area contributed by atoms with Gasteiger partial charge in [0.1, 0.15) is 24.0 Å². The molecular weight excluding hydrogens is 428 g/mol. The monoisotopic (exact) mass is 460 g/mol. The highest BCUT2D eigenvalue weighted by Gasteiger charge is 2.14. The molecule has 1 heterocycles. The lowest BCUT2D eigenvalue weighted by molar-refractivity contribution is 0.258. The molecule has 3 aromatic rings. The third kappa shape index (κ3) is 5.90. The maximum Gasteiger partial charge on any atom is 0.148 e. The molecule has 0 aliphatic rings. The summed E-state index contributed by atoms with van der Waals surface area (Å²) < 4.78 is 6.05. The molecule has 8 nitrogen and oxygen atoms in total. The van der Waals surface area contributed by atoms with E-state index in [1.807, 2.05) is 50.2 Å². The number of nitrogens with one attached hydrogen (secondary N) is 2. The molecule has 0 atom stereocenters. The van der Waals surface area contributed by atoms with Crippen LogP contribution in [0, 0.1) is 12.3 Å². The van der Waals surface area contributed by atoms with Crippen molar-refractivity contribution in [2.24, 2.45) is 10.7 Å². The van der Waals surface area contributed by atoms with E-state index in [0.717, 1.165) is 28.2 Å². The Labute approximate surface area is 200 Å². The van der Waals surface area contributed by atoms with E-state index < -0.39 is 0 Å². The van der Waals surface area contributed by atoms with Crippen molar-refractivity contribution in [2.75, 3.05) is 26.5 Å². The van der Waals surface area contributed by atoms with Crippen molar-refractivity contribution in [2.45, 2.75) is 26.7 Å². The average Bonchev–Trinajstić information content (AvgIpc) is 2.83. The molecule has 2 aromatic carbocycles. The summed E-state index contributed by atoms with van der Waals surface area (Å²) in [5.74, 6) is 1.51. The molecule has 0 radical (unpaired) electrons. The standard InChI is InChI=1S/C26H32N6O2/c1-17-24(34-16-19-7-9-20(10-8-19)25(27)28)22(15-33)23(14-30-17)31-13-18-5-11-21(12-6-18)26(29-2)32(3)4/h5-12,14,31,33H,13,15-16H2,1-4H3,(H3,27,28)/b29-26-. The zero-order valence-electron chi connectivity index (χ0n) is 20.1. The second kappa shape index (κ2) is 11.3. The minimum atomic E-state index is -0.178. The summed E-state index contributed by atoms with van der Waals surface area (Å²) in [6, 6.07) is 15.5. The van der Waals surface area contributed by atoms with Crippen molar-refractivity contribution >= 4 is 17.4 Å². The van der Waals surface area contributed by atoms with E-state index in [4.69, 9.17) is 15.9 Å². The molecule has 178 valence electrons. The van der Waals surface area contributed by atoms with Gasteiger partial charge in [0.2, 0.25) is 0 Å². The number of aryl methyl sites for hydroxylation is 1. The number of benzene rings is 2. The van der Waals surface area contributed by atoms with Gasteiger partial charge >= 0.3 is 0 Å². The second-order valence-electron chi connectivity index (χ2n) is 8.11. The Morgan fingerprint density at radius 2 is 1.71 bits per heavy atom. The van der Waals surface area contributed by atoms with E-state index in [1.165, 1.54) is 0 Å². The predicted molar refractivity (Wildman–Crippen MR) is 137 cm³/mol. The summed E-state index contributed by atoms with van der Waals surface area (Å²) in [5, 5.41) is 21.0. The van der Waals surface area contributed by atoms with Crippen molar-refractivity contribution in [3.05, 3.63) is 88.2 Å². The maximum atomic E-state index is 10.1. The van der Waals surface area contributed by atoms with Crippen LogP contribution in [-0.2, 0) is 19.8 Å². The summed E-state index contributed by atoms with van der Waals surface area (Å²) in [6.07, 6.45) is 1.72. The lowest BCUT2D eigenvalue weighted by atomic mass is 10.1. The number of amidine groups is 2. The molecule has 1 aromatic heterocycles. The van der Waals surface area contributed by atoms with Crippen molar-refractivity contribution in [1.82, 2.24) is 9.88 Å². The third-order valence-electron chi connectivity index (χ3n) is 5.45. The second-order valence-corrected chi connectivity index (χ2v) is 8.11. The number of nitrogen functional groups attached to an aromatic ring is 1. The van der Waals surface area contributed by atoms with Crippen molar-refractivity contribution in [3.8, 4) is 5.75 Å². The highest BCUT2D eigenvalue weighted by molar-refractivity contribution is 5.98. The van der Waals surface area contributed by atoms with Crippen LogP contribution in [0.3, 0.4) is 0 Å². The van der Waals surface area contributed by atoms with E-state index in [2.05, 4.69) is 27.4 Å². The fourth-order valence-corrected chi connectivity index (χ4v) is 3.63. The van der Waals surface area contributed by atoms with E-state index >= 15 is 0 Å². The highest BCUT2D eigenvalue weighted by atomic mass is 16.5. The van der Waals surface area contributed by atoms with Gasteiger partial charge in [-0.25, -0.2) is 0 Å². The number of hydrogen-bond acceptors (Lipinski definition) is 6. The van der Waals surface area contributed by atoms with Crippen LogP contribution in [-0.4, -0.2) is 47.8 Å². The van der Waals surface area contributed by atoms with E-state index in [9.17, 15) is 5.11 Å². The van der Waals surface area contributed by atoms with Gasteiger partial charge in [-0.2, -0.15) is 0 Å². The molecule has 34 heavy (non-hydrogen) atoms. The smallest absolute Gasteiger partial charge is 0.148 e. The molecule has 0 aliphatic heterocycles.